The average Bonchev–Trinajstić information content (AvgIpc) is 2.66. The van der Waals surface area contributed by atoms with Gasteiger partial charge in [0.1, 0.15) is 11.5 Å². The van der Waals surface area contributed by atoms with E-state index in [2.05, 4.69) is 5.32 Å². The number of para-hydroxylation sites is 2. The van der Waals surface area contributed by atoms with Gasteiger partial charge in [-0.3, -0.25) is 9.59 Å². The smallest absolute Gasteiger partial charge is 0.248 e. The summed E-state index contributed by atoms with van der Waals surface area (Å²) in [6.07, 6.45) is 0. The molecule has 0 aliphatic carbocycles. The third-order valence-corrected chi connectivity index (χ3v) is 4.38. The Bertz CT molecular complexity index is 951. The Morgan fingerprint density at radius 2 is 1.35 bits per heavy atom. The summed E-state index contributed by atoms with van der Waals surface area (Å²) >= 11 is 0. The summed E-state index contributed by atoms with van der Waals surface area (Å²) in [5.74, 6) is 0.202. The lowest BCUT2D eigenvalue weighted by molar-refractivity contribution is -0.116. The third kappa shape index (κ3) is 2.80. The van der Waals surface area contributed by atoms with Crippen LogP contribution in [0.4, 0.5) is 5.69 Å². The maximum Gasteiger partial charge on any atom is 0.248 e. The summed E-state index contributed by atoms with van der Waals surface area (Å²) in [6, 6.07) is 21.5. The van der Waals surface area contributed by atoms with Crippen molar-refractivity contribution in [2.24, 2.45) is 5.73 Å². The van der Waals surface area contributed by atoms with Crippen LogP contribution in [0, 0.1) is 0 Å². The maximum absolute atomic E-state index is 13.1. The molecule has 0 aromatic heterocycles. The van der Waals surface area contributed by atoms with Gasteiger partial charge in [0.25, 0.3) is 0 Å². The molecule has 1 heterocycles. The summed E-state index contributed by atoms with van der Waals surface area (Å²) in [5, 5.41) is 2.91. The fourth-order valence-electron chi connectivity index (χ4n) is 3.12. The van der Waals surface area contributed by atoms with Gasteiger partial charge in [0.15, 0.2) is 0 Å². The topological polar surface area (TPSA) is 81.4 Å². The van der Waals surface area contributed by atoms with E-state index in [9.17, 15) is 9.59 Å². The Morgan fingerprint density at radius 3 is 1.88 bits per heavy atom. The second-order valence-electron chi connectivity index (χ2n) is 6.04. The molecule has 3 aromatic carbocycles. The third-order valence-electron chi connectivity index (χ3n) is 4.38. The fourth-order valence-corrected chi connectivity index (χ4v) is 3.12. The van der Waals surface area contributed by atoms with Crippen LogP contribution in [0.2, 0.25) is 0 Å². The molecular formula is C21H16N2O3. The van der Waals surface area contributed by atoms with Gasteiger partial charge in [-0.1, -0.05) is 36.4 Å². The van der Waals surface area contributed by atoms with Gasteiger partial charge < -0.3 is 15.8 Å². The minimum atomic E-state index is -0.504. The quantitative estimate of drug-likeness (QED) is 0.761. The number of hydrogen-bond acceptors (Lipinski definition) is 3. The normalized spacial score (nSPS) is 12.5. The lowest BCUT2D eigenvalue weighted by Gasteiger charge is -2.27. The van der Waals surface area contributed by atoms with Crippen molar-refractivity contribution < 1.29 is 14.3 Å². The molecule has 26 heavy (non-hydrogen) atoms. The Morgan fingerprint density at radius 1 is 0.808 bits per heavy atom. The highest BCUT2D eigenvalue weighted by molar-refractivity contribution is 6.00. The van der Waals surface area contributed by atoms with Crippen molar-refractivity contribution in [3.8, 4) is 11.5 Å². The van der Waals surface area contributed by atoms with Crippen molar-refractivity contribution in [1.82, 2.24) is 0 Å². The van der Waals surface area contributed by atoms with Crippen LogP contribution in [0.15, 0.2) is 72.8 Å². The highest BCUT2D eigenvalue weighted by atomic mass is 16.5. The number of anilines is 1. The molecule has 128 valence electrons. The van der Waals surface area contributed by atoms with E-state index >= 15 is 0 Å². The number of nitrogens with two attached hydrogens (primary N) is 1. The van der Waals surface area contributed by atoms with Gasteiger partial charge in [0.2, 0.25) is 11.8 Å². The van der Waals surface area contributed by atoms with Crippen LogP contribution in [-0.2, 0) is 4.79 Å². The minimum absolute atomic E-state index is 0.167. The van der Waals surface area contributed by atoms with E-state index in [0.29, 0.717) is 22.7 Å². The molecule has 5 heteroatoms. The molecule has 0 bridgehead atoms. The Kier molecular flexibility index (Phi) is 3.89. The standard InChI is InChI=1S/C21H16N2O3/c22-20(24)13-9-11-14(12-10-13)23-21(25)19-15-5-1-3-7-17(15)26-18-8-4-2-6-16(18)19/h1-12,19H,(H2,22,24)(H,23,25). The number of benzene rings is 3. The number of amides is 2. The van der Waals surface area contributed by atoms with Crippen molar-refractivity contribution in [2.75, 3.05) is 5.32 Å². The molecule has 2 amide bonds. The summed E-state index contributed by atoms with van der Waals surface area (Å²) in [4.78, 5) is 24.2. The highest BCUT2D eigenvalue weighted by Crippen LogP contribution is 2.44. The largest absolute Gasteiger partial charge is 0.457 e. The van der Waals surface area contributed by atoms with Crippen molar-refractivity contribution in [3.05, 3.63) is 89.5 Å². The Hall–Kier alpha value is -3.60. The first kappa shape index (κ1) is 15.9. The van der Waals surface area contributed by atoms with Gasteiger partial charge in [-0.15, -0.1) is 0 Å². The van der Waals surface area contributed by atoms with Gasteiger partial charge in [0, 0.05) is 22.4 Å². The summed E-state index contributed by atoms with van der Waals surface area (Å²) in [6.45, 7) is 0. The van der Waals surface area contributed by atoms with Gasteiger partial charge in [0.05, 0.1) is 5.92 Å². The molecule has 0 unspecified atom stereocenters. The second kappa shape index (κ2) is 6.37. The Balaban J connectivity index is 1.68. The average molecular weight is 344 g/mol. The van der Waals surface area contributed by atoms with Crippen LogP contribution < -0.4 is 15.8 Å². The van der Waals surface area contributed by atoms with Crippen LogP contribution in [0.3, 0.4) is 0 Å². The van der Waals surface area contributed by atoms with E-state index < -0.39 is 11.8 Å². The Labute approximate surface area is 150 Å². The predicted octanol–water partition coefficient (Wildman–Crippen LogP) is 3.66. The van der Waals surface area contributed by atoms with E-state index in [1.807, 2.05) is 48.5 Å². The first-order chi connectivity index (χ1) is 12.6. The second-order valence-corrected chi connectivity index (χ2v) is 6.04. The number of rotatable bonds is 3. The van der Waals surface area contributed by atoms with E-state index in [1.54, 1.807) is 24.3 Å². The molecule has 0 saturated carbocycles. The van der Waals surface area contributed by atoms with Crippen molar-refractivity contribution in [2.45, 2.75) is 5.92 Å². The number of carbonyl (C=O) groups is 2. The molecule has 0 atom stereocenters. The minimum Gasteiger partial charge on any atom is -0.457 e. The number of hydrogen-bond donors (Lipinski definition) is 2. The summed E-state index contributed by atoms with van der Waals surface area (Å²) in [7, 11) is 0. The van der Waals surface area contributed by atoms with Gasteiger partial charge in [-0.2, -0.15) is 0 Å². The highest BCUT2D eigenvalue weighted by Gasteiger charge is 2.32. The van der Waals surface area contributed by atoms with E-state index in [1.165, 1.54) is 0 Å². The van der Waals surface area contributed by atoms with Crippen molar-refractivity contribution >= 4 is 17.5 Å². The fraction of sp³-hybridized carbons (Fsp3) is 0.0476. The van der Waals surface area contributed by atoms with Crippen LogP contribution in [-0.4, -0.2) is 11.8 Å². The first-order valence-electron chi connectivity index (χ1n) is 8.20. The van der Waals surface area contributed by atoms with E-state index in [0.717, 1.165) is 11.1 Å². The van der Waals surface area contributed by atoms with Gasteiger partial charge >= 0.3 is 0 Å². The maximum atomic E-state index is 13.1. The zero-order valence-electron chi connectivity index (χ0n) is 13.8. The molecule has 0 radical (unpaired) electrons. The zero-order chi connectivity index (χ0) is 18.1. The molecule has 1 aliphatic rings. The molecule has 3 aromatic rings. The lowest BCUT2D eigenvalue weighted by Crippen LogP contribution is -2.25. The van der Waals surface area contributed by atoms with Crippen molar-refractivity contribution in [3.63, 3.8) is 0 Å². The molecule has 4 rings (SSSR count). The number of nitrogens with one attached hydrogen (secondary N) is 1. The molecule has 0 spiro atoms. The molecule has 3 N–H and O–H groups in total. The number of carbonyl (C=O) groups excluding carboxylic acids is 2. The summed E-state index contributed by atoms with van der Waals surface area (Å²) < 4.78 is 5.92. The van der Waals surface area contributed by atoms with Crippen molar-refractivity contribution in [1.29, 1.82) is 0 Å². The monoisotopic (exact) mass is 344 g/mol. The van der Waals surface area contributed by atoms with Gasteiger partial charge in [-0.05, 0) is 36.4 Å². The van der Waals surface area contributed by atoms with Crippen LogP contribution >= 0.6 is 0 Å². The number of primary amides is 1. The van der Waals surface area contributed by atoms with Crippen LogP contribution in [0.5, 0.6) is 11.5 Å². The molecule has 0 saturated heterocycles. The predicted molar refractivity (Wildman–Crippen MR) is 98.4 cm³/mol. The van der Waals surface area contributed by atoms with Crippen LogP contribution in [0.25, 0.3) is 0 Å². The molecule has 1 aliphatic heterocycles. The van der Waals surface area contributed by atoms with Crippen LogP contribution in [0.1, 0.15) is 27.4 Å². The SMILES string of the molecule is NC(=O)c1ccc(NC(=O)C2c3ccccc3Oc3ccccc32)cc1. The first-order valence-corrected chi connectivity index (χ1v) is 8.20. The van der Waals surface area contributed by atoms with E-state index in [-0.39, 0.29) is 5.91 Å². The lowest BCUT2D eigenvalue weighted by atomic mass is 9.87. The number of ether oxygens (including phenoxy) is 1. The van der Waals surface area contributed by atoms with E-state index in [4.69, 9.17) is 10.5 Å². The van der Waals surface area contributed by atoms with Gasteiger partial charge in [-0.25, -0.2) is 0 Å². The summed E-state index contributed by atoms with van der Waals surface area (Å²) in [5.41, 5.74) is 7.87. The molecule has 0 fully saturated rings. The zero-order valence-corrected chi connectivity index (χ0v) is 13.8. The number of fused-ring (bicyclic) bond motifs is 2. The molecular weight excluding hydrogens is 328 g/mol. The molecule has 5 nitrogen and oxygen atoms in total.